The number of anilines is 3. The first kappa shape index (κ1) is 35.6. The van der Waals surface area contributed by atoms with Gasteiger partial charge >= 0.3 is 0 Å². The average Bonchev–Trinajstić information content (AvgIpc) is 3.44. The first-order chi connectivity index (χ1) is 34.9. The fourth-order valence-corrected chi connectivity index (χ4v) is 9.70. The van der Waals surface area contributed by atoms with Gasteiger partial charge in [0.2, 0.25) is 0 Å². The molecule has 12 aromatic rings. The van der Waals surface area contributed by atoms with Crippen LogP contribution in [-0.2, 0) is 0 Å². The van der Waals surface area contributed by atoms with Crippen molar-refractivity contribution in [3.05, 3.63) is 273 Å². The SMILES string of the molecule is [2H]c1c([2H])c(N(c2ccc(-c3c(-c4ccccc4)ccc4ccccc34)cc2)c2ccc(-c3cc4ccccc4c4ccccc34)cc2)c([2H])c([2H])c1-c1ccc(-c2ccccc2)c(-c2ccccc2)c1. The molecule has 0 aliphatic carbocycles. The van der Waals surface area contributed by atoms with Crippen molar-refractivity contribution in [3.63, 3.8) is 0 Å². The molecule has 0 saturated carbocycles. The normalized spacial score (nSPS) is 12.1. The zero-order chi connectivity index (χ0) is 48.0. The van der Waals surface area contributed by atoms with E-state index in [1.807, 2.05) is 89.8 Å². The standard InChI is InChI=1S/C66H45N/c1-4-16-47(17-5-1)59-42-35-53(44-64(59)49-20-8-3-9-21-49)46-28-36-55(37-29-46)67(56-38-30-51(31-39-56)65-45-54-23-11-12-24-58(54)62-26-14-15-27-63(62)65)57-40-32-52(33-41-57)66-60-25-13-10-22-50(60)34-43-61(66)48-18-6-2-7-19-48/h1-45H/i28D,29D,36D,37D. The minimum Gasteiger partial charge on any atom is -0.311 e. The van der Waals surface area contributed by atoms with E-state index >= 15 is 0 Å². The van der Waals surface area contributed by atoms with Crippen LogP contribution in [0.25, 0.3) is 99.1 Å². The van der Waals surface area contributed by atoms with E-state index in [0.717, 1.165) is 77.2 Å². The summed E-state index contributed by atoms with van der Waals surface area (Å²) in [6.07, 6.45) is 0. The Labute approximate surface area is 397 Å². The minimum absolute atomic E-state index is 0.114. The number of nitrogens with zero attached hydrogens (tertiary/aromatic N) is 1. The summed E-state index contributed by atoms with van der Waals surface area (Å²) in [5, 5.41) is 6.97. The second-order valence-corrected chi connectivity index (χ2v) is 16.9. The Balaban J connectivity index is 1.03. The lowest BCUT2D eigenvalue weighted by Gasteiger charge is -2.26. The highest BCUT2D eigenvalue weighted by Gasteiger charge is 2.18. The van der Waals surface area contributed by atoms with Gasteiger partial charge in [0.25, 0.3) is 0 Å². The average molecular weight is 856 g/mol. The van der Waals surface area contributed by atoms with Crippen LogP contribution in [0.2, 0.25) is 0 Å². The van der Waals surface area contributed by atoms with Crippen molar-refractivity contribution < 1.29 is 5.48 Å². The van der Waals surface area contributed by atoms with Gasteiger partial charge in [0.15, 0.2) is 0 Å². The van der Waals surface area contributed by atoms with Crippen LogP contribution in [0.1, 0.15) is 5.48 Å². The monoisotopic (exact) mass is 855 g/mol. The second kappa shape index (κ2) is 17.3. The molecule has 1 nitrogen and oxygen atoms in total. The largest absolute Gasteiger partial charge is 0.311 e. The molecule has 0 aromatic heterocycles. The zero-order valence-corrected chi connectivity index (χ0v) is 36.6. The van der Waals surface area contributed by atoms with E-state index in [1.165, 1.54) is 10.8 Å². The molecule has 0 bridgehead atoms. The molecule has 12 rings (SSSR count). The predicted molar refractivity (Wildman–Crippen MR) is 286 cm³/mol. The lowest BCUT2D eigenvalue weighted by atomic mass is 9.89. The first-order valence-corrected chi connectivity index (χ1v) is 22.8. The molecule has 0 saturated heterocycles. The number of fused-ring (bicyclic) bond motifs is 4. The minimum atomic E-state index is -0.136. The van der Waals surface area contributed by atoms with Gasteiger partial charge in [-0.2, -0.15) is 0 Å². The van der Waals surface area contributed by atoms with Crippen LogP contribution in [-0.4, -0.2) is 0 Å². The predicted octanol–water partition coefficient (Wildman–Crippen LogP) is 18.6. The molecule has 0 amide bonds. The van der Waals surface area contributed by atoms with E-state index in [2.05, 4.69) is 164 Å². The highest BCUT2D eigenvalue weighted by Crippen LogP contribution is 2.43. The fraction of sp³-hybridized carbons (Fsp3) is 0. The Hall–Kier alpha value is -8.78. The van der Waals surface area contributed by atoms with Gasteiger partial charge in [-0.3, -0.25) is 0 Å². The third kappa shape index (κ3) is 7.53. The van der Waals surface area contributed by atoms with Crippen molar-refractivity contribution >= 4 is 49.4 Å². The first-order valence-electron chi connectivity index (χ1n) is 24.8. The van der Waals surface area contributed by atoms with Crippen LogP contribution in [0.4, 0.5) is 17.1 Å². The van der Waals surface area contributed by atoms with Crippen molar-refractivity contribution in [2.45, 2.75) is 0 Å². The Morgan fingerprint density at radius 2 is 0.701 bits per heavy atom. The van der Waals surface area contributed by atoms with Crippen molar-refractivity contribution in [1.29, 1.82) is 0 Å². The lowest BCUT2D eigenvalue weighted by molar-refractivity contribution is 1.28. The van der Waals surface area contributed by atoms with E-state index in [1.54, 1.807) is 0 Å². The van der Waals surface area contributed by atoms with Gasteiger partial charge in [-0.1, -0.05) is 224 Å². The lowest BCUT2D eigenvalue weighted by Crippen LogP contribution is -2.09. The van der Waals surface area contributed by atoms with E-state index in [9.17, 15) is 5.48 Å². The van der Waals surface area contributed by atoms with Crippen LogP contribution in [0.5, 0.6) is 0 Å². The molecule has 0 fully saturated rings. The van der Waals surface area contributed by atoms with E-state index in [-0.39, 0.29) is 35.4 Å². The topological polar surface area (TPSA) is 3.24 Å². The van der Waals surface area contributed by atoms with E-state index in [4.69, 9.17) is 0 Å². The molecular weight excluding hydrogens is 807 g/mol. The van der Waals surface area contributed by atoms with Gasteiger partial charge in [-0.05, 0) is 148 Å². The van der Waals surface area contributed by atoms with Gasteiger partial charge in [0, 0.05) is 17.1 Å². The van der Waals surface area contributed by atoms with Crippen LogP contribution >= 0.6 is 0 Å². The van der Waals surface area contributed by atoms with Crippen LogP contribution < -0.4 is 4.90 Å². The third-order valence-corrected chi connectivity index (χ3v) is 12.9. The molecule has 0 spiro atoms. The van der Waals surface area contributed by atoms with Crippen LogP contribution in [0.15, 0.2) is 273 Å². The van der Waals surface area contributed by atoms with Gasteiger partial charge in [-0.25, -0.2) is 0 Å². The molecule has 0 heterocycles. The highest BCUT2D eigenvalue weighted by molar-refractivity contribution is 6.14. The summed E-state index contributed by atoms with van der Waals surface area (Å²) in [4.78, 5) is 1.88. The van der Waals surface area contributed by atoms with Gasteiger partial charge in [0.1, 0.15) is 0 Å². The summed E-state index contributed by atoms with van der Waals surface area (Å²) >= 11 is 0. The number of hydrogen-bond donors (Lipinski definition) is 0. The highest BCUT2D eigenvalue weighted by atomic mass is 15.1. The maximum absolute atomic E-state index is 9.85. The summed E-state index contributed by atoms with van der Waals surface area (Å²) < 4.78 is 39.1. The van der Waals surface area contributed by atoms with Crippen molar-refractivity contribution in [2.24, 2.45) is 0 Å². The number of benzene rings is 12. The number of rotatable bonds is 9. The zero-order valence-electron chi connectivity index (χ0n) is 40.6. The van der Waals surface area contributed by atoms with Gasteiger partial charge in [0.05, 0.1) is 5.48 Å². The van der Waals surface area contributed by atoms with Crippen molar-refractivity contribution in [3.8, 4) is 66.8 Å². The molecule has 67 heavy (non-hydrogen) atoms. The summed E-state index contributed by atoms with van der Waals surface area (Å²) in [5.74, 6) is 0. The molecule has 0 aliphatic rings. The summed E-state index contributed by atoms with van der Waals surface area (Å²) in [6.45, 7) is 0. The Bertz CT molecular complexity index is 3920. The van der Waals surface area contributed by atoms with Crippen LogP contribution in [0, 0.1) is 0 Å². The molecule has 1 heteroatoms. The summed E-state index contributed by atoms with van der Waals surface area (Å²) in [5.41, 5.74) is 12.9. The molecular formula is C66H45N. The molecule has 0 N–H and O–H groups in total. The summed E-state index contributed by atoms with van der Waals surface area (Å²) in [7, 11) is 0. The second-order valence-electron chi connectivity index (χ2n) is 16.9. The maximum atomic E-state index is 9.85. The van der Waals surface area contributed by atoms with Gasteiger partial charge < -0.3 is 4.90 Å². The van der Waals surface area contributed by atoms with Crippen molar-refractivity contribution in [2.75, 3.05) is 4.90 Å². The Morgan fingerprint density at radius 1 is 0.239 bits per heavy atom. The van der Waals surface area contributed by atoms with E-state index in [0.29, 0.717) is 16.9 Å². The molecule has 0 aliphatic heterocycles. The van der Waals surface area contributed by atoms with Crippen LogP contribution in [0.3, 0.4) is 0 Å². The number of hydrogen-bond acceptors (Lipinski definition) is 1. The Morgan fingerprint density at radius 3 is 1.34 bits per heavy atom. The fourth-order valence-electron chi connectivity index (χ4n) is 9.70. The van der Waals surface area contributed by atoms with Gasteiger partial charge in [-0.15, -0.1) is 0 Å². The molecule has 0 radical (unpaired) electrons. The molecule has 0 atom stereocenters. The quantitative estimate of drug-likeness (QED) is 0.131. The van der Waals surface area contributed by atoms with Crippen molar-refractivity contribution in [1.82, 2.24) is 0 Å². The maximum Gasteiger partial charge on any atom is 0.0645 e. The molecule has 0 unspecified atom stereocenters. The molecule has 314 valence electrons. The van der Waals surface area contributed by atoms with E-state index < -0.39 is 0 Å². The molecule has 12 aromatic carbocycles. The summed E-state index contributed by atoms with van der Waals surface area (Å²) in [6, 6.07) is 84.8. The smallest absolute Gasteiger partial charge is 0.0645 e. The third-order valence-electron chi connectivity index (χ3n) is 12.9. The Kier molecular flexibility index (Phi) is 9.19.